The maximum atomic E-state index is 12.4. The molecule has 0 unspecified atom stereocenters. The van der Waals surface area contributed by atoms with Gasteiger partial charge in [-0.1, -0.05) is 11.8 Å². The molecule has 3 aromatic heterocycles. The number of hydrogen-bond donors (Lipinski definition) is 1. The van der Waals surface area contributed by atoms with Crippen LogP contribution >= 0.6 is 34.4 Å². The van der Waals surface area contributed by atoms with Crippen LogP contribution in [-0.2, 0) is 16.0 Å². The van der Waals surface area contributed by atoms with Crippen LogP contribution in [0.25, 0.3) is 10.2 Å². The average molecular weight is 410 g/mol. The van der Waals surface area contributed by atoms with E-state index in [1.54, 1.807) is 18.3 Å². The number of carbonyl (C=O) groups is 1. The molecule has 138 valence electrons. The maximum Gasteiger partial charge on any atom is 0.311 e. The number of aryl methyl sites for hydroxylation is 2. The molecule has 0 saturated carbocycles. The highest BCUT2D eigenvalue weighted by Gasteiger charge is 2.18. The van der Waals surface area contributed by atoms with Gasteiger partial charge in [0.25, 0.3) is 5.56 Å². The standard InChI is InChI=1S/C17H19N3O3S3/c1-5-23-12(21)6-11-7-24-17(18-11)26-10(4)14-19-15(22)13-8(2)9(3)25-16(13)20-14/h7,10H,5-6H2,1-4H3,(H,19,20,22)/t10-/m0/s1. The van der Waals surface area contributed by atoms with E-state index in [1.807, 2.05) is 26.2 Å². The van der Waals surface area contributed by atoms with E-state index < -0.39 is 0 Å². The van der Waals surface area contributed by atoms with Gasteiger partial charge in [0.1, 0.15) is 10.7 Å². The third kappa shape index (κ3) is 3.99. The number of rotatable bonds is 6. The molecule has 3 rings (SSSR count). The van der Waals surface area contributed by atoms with Crippen molar-refractivity contribution in [2.75, 3.05) is 6.61 Å². The van der Waals surface area contributed by atoms with E-state index in [4.69, 9.17) is 4.74 Å². The fourth-order valence-electron chi connectivity index (χ4n) is 2.45. The SMILES string of the molecule is CCOC(=O)Cc1csc(S[C@@H](C)c2nc3sc(C)c(C)c3c(=O)[nH]2)n1. The summed E-state index contributed by atoms with van der Waals surface area (Å²) >= 11 is 4.53. The lowest BCUT2D eigenvalue weighted by Gasteiger charge is -2.08. The summed E-state index contributed by atoms with van der Waals surface area (Å²) in [6.45, 7) is 8.07. The summed E-state index contributed by atoms with van der Waals surface area (Å²) in [6, 6.07) is 0. The Morgan fingerprint density at radius 1 is 1.38 bits per heavy atom. The molecule has 9 heteroatoms. The van der Waals surface area contributed by atoms with Crippen LogP contribution in [0.15, 0.2) is 14.5 Å². The normalized spacial score (nSPS) is 12.5. The minimum absolute atomic E-state index is 0.0589. The third-order valence-corrected chi connectivity index (χ3v) is 7.11. The van der Waals surface area contributed by atoms with Crippen LogP contribution in [-0.4, -0.2) is 27.5 Å². The van der Waals surface area contributed by atoms with Crippen molar-refractivity contribution < 1.29 is 9.53 Å². The molecule has 26 heavy (non-hydrogen) atoms. The second-order valence-electron chi connectivity index (χ2n) is 5.76. The smallest absolute Gasteiger partial charge is 0.311 e. The molecule has 0 aliphatic heterocycles. The molecule has 0 aromatic carbocycles. The molecule has 0 aliphatic rings. The monoisotopic (exact) mass is 409 g/mol. The van der Waals surface area contributed by atoms with E-state index >= 15 is 0 Å². The first-order valence-electron chi connectivity index (χ1n) is 8.15. The van der Waals surface area contributed by atoms with E-state index in [9.17, 15) is 9.59 Å². The Morgan fingerprint density at radius 3 is 2.88 bits per heavy atom. The van der Waals surface area contributed by atoms with Gasteiger partial charge in [0, 0.05) is 10.3 Å². The minimum Gasteiger partial charge on any atom is -0.466 e. The molecule has 3 aromatic rings. The molecule has 0 fully saturated rings. The number of nitrogens with one attached hydrogen (secondary N) is 1. The molecule has 1 atom stereocenters. The molecule has 0 bridgehead atoms. The van der Waals surface area contributed by atoms with Gasteiger partial charge in [-0.2, -0.15) is 0 Å². The van der Waals surface area contributed by atoms with Crippen LogP contribution in [0.1, 0.15) is 41.1 Å². The number of aromatic amines is 1. The molecule has 3 heterocycles. The first kappa shape index (κ1) is 19.1. The lowest BCUT2D eigenvalue weighted by Crippen LogP contribution is -2.12. The highest BCUT2D eigenvalue weighted by molar-refractivity contribution is 8.01. The van der Waals surface area contributed by atoms with E-state index in [-0.39, 0.29) is 23.2 Å². The molecule has 0 aliphatic carbocycles. The number of carbonyl (C=O) groups excluding carboxylic acids is 1. The highest BCUT2D eigenvalue weighted by Crippen LogP contribution is 2.36. The number of ether oxygens (including phenoxy) is 1. The quantitative estimate of drug-likeness (QED) is 0.489. The summed E-state index contributed by atoms with van der Waals surface area (Å²) in [5, 5.41) is 2.48. The lowest BCUT2D eigenvalue weighted by molar-refractivity contribution is -0.142. The number of esters is 1. The lowest BCUT2D eigenvalue weighted by atomic mass is 10.2. The summed E-state index contributed by atoms with van der Waals surface area (Å²) in [5.41, 5.74) is 1.60. The Balaban J connectivity index is 1.77. The van der Waals surface area contributed by atoms with Gasteiger partial charge in [-0.25, -0.2) is 9.97 Å². The number of thiazole rings is 1. The van der Waals surface area contributed by atoms with Crippen molar-refractivity contribution in [2.45, 2.75) is 43.7 Å². The largest absolute Gasteiger partial charge is 0.466 e. The first-order valence-corrected chi connectivity index (χ1v) is 10.7. The van der Waals surface area contributed by atoms with Crippen molar-refractivity contribution in [1.82, 2.24) is 15.0 Å². The zero-order valence-corrected chi connectivity index (χ0v) is 17.4. The number of fused-ring (bicyclic) bond motifs is 1. The third-order valence-electron chi connectivity index (χ3n) is 3.88. The van der Waals surface area contributed by atoms with E-state index in [1.165, 1.54) is 23.1 Å². The van der Waals surface area contributed by atoms with E-state index in [2.05, 4.69) is 15.0 Å². The van der Waals surface area contributed by atoms with Crippen LogP contribution in [0.3, 0.4) is 0 Å². The number of nitrogens with zero attached hydrogens (tertiary/aromatic N) is 2. The maximum absolute atomic E-state index is 12.4. The predicted octanol–water partition coefficient (Wildman–Crippen LogP) is 4.02. The van der Waals surface area contributed by atoms with Crippen LogP contribution in [0.5, 0.6) is 0 Å². The van der Waals surface area contributed by atoms with Crippen molar-refractivity contribution in [3.63, 3.8) is 0 Å². The number of H-pyrrole nitrogens is 1. The van der Waals surface area contributed by atoms with Gasteiger partial charge in [-0.3, -0.25) is 9.59 Å². The fourth-order valence-corrected chi connectivity index (χ4v) is 5.53. The van der Waals surface area contributed by atoms with Gasteiger partial charge >= 0.3 is 5.97 Å². The first-order chi connectivity index (χ1) is 12.4. The van der Waals surface area contributed by atoms with Gasteiger partial charge < -0.3 is 9.72 Å². The van der Waals surface area contributed by atoms with Crippen molar-refractivity contribution in [2.24, 2.45) is 0 Å². The van der Waals surface area contributed by atoms with Crippen LogP contribution < -0.4 is 5.56 Å². The van der Waals surface area contributed by atoms with E-state index in [0.29, 0.717) is 23.5 Å². The zero-order chi connectivity index (χ0) is 18.8. The van der Waals surface area contributed by atoms with Crippen LogP contribution in [0, 0.1) is 13.8 Å². The average Bonchev–Trinajstić information content (AvgIpc) is 3.12. The second-order valence-corrected chi connectivity index (χ2v) is 9.41. The Morgan fingerprint density at radius 2 is 2.15 bits per heavy atom. The van der Waals surface area contributed by atoms with Crippen LogP contribution in [0.4, 0.5) is 0 Å². The Bertz CT molecular complexity index is 1010. The van der Waals surface area contributed by atoms with E-state index in [0.717, 1.165) is 19.6 Å². The Kier molecular flexibility index (Phi) is 5.79. The molecule has 6 nitrogen and oxygen atoms in total. The Labute approximate surface area is 163 Å². The summed E-state index contributed by atoms with van der Waals surface area (Å²) in [7, 11) is 0. The topological polar surface area (TPSA) is 84.9 Å². The Hall–Kier alpha value is -1.71. The van der Waals surface area contributed by atoms with Gasteiger partial charge in [-0.05, 0) is 33.3 Å². The van der Waals surface area contributed by atoms with Crippen molar-refractivity contribution in [3.8, 4) is 0 Å². The predicted molar refractivity (Wildman–Crippen MR) is 106 cm³/mol. The molecule has 1 N–H and O–H groups in total. The number of thiophene rings is 1. The summed E-state index contributed by atoms with van der Waals surface area (Å²) in [6.07, 6.45) is 0.175. The van der Waals surface area contributed by atoms with Gasteiger partial charge in [0.2, 0.25) is 0 Å². The van der Waals surface area contributed by atoms with Gasteiger partial charge in [0.15, 0.2) is 4.34 Å². The zero-order valence-electron chi connectivity index (χ0n) is 14.9. The van der Waals surface area contributed by atoms with Gasteiger partial charge in [-0.15, -0.1) is 22.7 Å². The fraction of sp³-hybridized carbons (Fsp3) is 0.412. The van der Waals surface area contributed by atoms with Crippen molar-refractivity contribution >= 4 is 50.6 Å². The molecule has 0 saturated heterocycles. The molecule has 0 radical (unpaired) electrons. The van der Waals surface area contributed by atoms with Gasteiger partial charge in [0.05, 0.1) is 29.4 Å². The molecule has 0 spiro atoms. The highest BCUT2D eigenvalue weighted by atomic mass is 32.2. The minimum atomic E-state index is -0.276. The van der Waals surface area contributed by atoms with Crippen LogP contribution in [0.2, 0.25) is 0 Å². The van der Waals surface area contributed by atoms with Crippen molar-refractivity contribution in [3.05, 3.63) is 37.7 Å². The number of thioether (sulfide) groups is 1. The summed E-state index contributed by atoms with van der Waals surface area (Å²) in [4.78, 5) is 37.8. The second kappa shape index (κ2) is 7.89. The molecule has 0 amide bonds. The van der Waals surface area contributed by atoms with Crippen molar-refractivity contribution in [1.29, 1.82) is 0 Å². The summed E-state index contributed by atoms with van der Waals surface area (Å²) < 4.78 is 5.77. The number of aromatic nitrogens is 3. The molecular formula is C17H19N3O3S3. The molecular weight excluding hydrogens is 390 g/mol. The number of hydrogen-bond acceptors (Lipinski definition) is 8. The summed E-state index contributed by atoms with van der Waals surface area (Å²) in [5.74, 6) is 0.359.